The number of methoxy groups -OCH3 is 2. The maximum Gasteiger partial charge on any atom is 0.207 e. The second kappa shape index (κ2) is 10.1. The molecule has 2 aromatic carbocycles. The summed E-state index contributed by atoms with van der Waals surface area (Å²) in [7, 11) is 3.32. The van der Waals surface area contributed by atoms with Crippen LogP contribution in [-0.4, -0.2) is 50.8 Å². The second-order valence-corrected chi connectivity index (χ2v) is 6.72. The molecule has 1 heterocycles. The molecule has 0 bridgehead atoms. The van der Waals surface area contributed by atoms with Gasteiger partial charge in [0.05, 0.1) is 14.2 Å². The Kier molecular flexibility index (Phi) is 7.29. The summed E-state index contributed by atoms with van der Waals surface area (Å²) in [6.45, 7) is 3.19. The van der Waals surface area contributed by atoms with E-state index in [0.29, 0.717) is 5.03 Å². The Bertz CT molecular complexity index is 860. The van der Waals surface area contributed by atoms with E-state index in [1.54, 1.807) is 14.2 Å². The van der Waals surface area contributed by atoms with Gasteiger partial charge < -0.3 is 14.2 Å². The van der Waals surface area contributed by atoms with Crippen molar-refractivity contribution in [3.8, 4) is 11.5 Å². The van der Waals surface area contributed by atoms with Crippen molar-refractivity contribution in [2.75, 3.05) is 40.5 Å². The Hall–Kier alpha value is -2.56. The van der Waals surface area contributed by atoms with Crippen molar-refractivity contribution in [2.24, 2.45) is 0 Å². The third kappa shape index (κ3) is 5.24. The van der Waals surface area contributed by atoms with Crippen LogP contribution in [0.15, 0.2) is 66.8 Å². The van der Waals surface area contributed by atoms with Crippen LogP contribution < -0.4 is 9.47 Å². The van der Waals surface area contributed by atoms with Crippen LogP contribution in [0.25, 0.3) is 5.03 Å². The molecule has 3 rings (SSSR count). The molecule has 0 aliphatic carbocycles. The first-order valence-corrected chi connectivity index (χ1v) is 9.61. The lowest BCUT2D eigenvalue weighted by Crippen LogP contribution is -2.33. The molecule has 2 aromatic rings. The zero-order valence-electron chi connectivity index (χ0n) is 16.2. The van der Waals surface area contributed by atoms with E-state index in [0.717, 1.165) is 54.6 Å². The number of halogens is 1. The maximum atomic E-state index is 6.47. The number of benzene rings is 2. The van der Waals surface area contributed by atoms with Crippen molar-refractivity contribution in [3.05, 3.63) is 77.9 Å². The lowest BCUT2D eigenvalue weighted by molar-refractivity contribution is -0.548. The average Bonchev–Trinajstić information content (AvgIpc) is 2.77. The summed E-state index contributed by atoms with van der Waals surface area (Å²) < 4.78 is 18.3. The maximum absolute atomic E-state index is 6.47. The lowest BCUT2D eigenvalue weighted by atomic mass is 10.1. The highest BCUT2D eigenvalue weighted by molar-refractivity contribution is 6.48. The Labute approximate surface area is 171 Å². The van der Waals surface area contributed by atoms with E-state index in [-0.39, 0.29) is 0 Å². The highest BCUT2D eigenvalue weighted by Crippen LogP contribution is 2.22. The van der Waals surface area contributed by atoms with Crippen LogP contribution in [0.2, 0.25) is 0 Å². The number of nitrogens with zero attached hydrogens (tertiary/aromatic N) is 1. The standard InChI is InChI=1S/C23H25ClNO3/c1-26-20-10-6-18(7-11-20)22(24)4-3-5-23(25-14-16-28-17-15-25)19-8-12-21(27-2)13-9-19/h3-13H,14-17H2,1-2H3/q+1/b5-3+,22-4+. The highest BCUT2D eigenvalue weighted by atomic mass is 35.5. The molecule has 5 heteroatoms. The Morgan fingerprint density at radius 3 is 1.96 bits per heavy atom. The average molecular weight is 399 g/mol. The summed E-state index contributed by atoms with van der Waals surface area (Å²) >= 11 is 6.47. The van der Waals surface area contributed by atoms with E-state index in [9.17, 15) is 0 Å². The highest BCUT2D eigenvalue weighted by Gasteiger charge is 2.18. The van der Waals surface area contributed by atoms with E-state index in [1.165, 1.54) is 0 Å². The Morgan fingerprint density at radius 2 is 1.43 bits per heavy atom. The van der Waals surface area contributed by atoms with Crippen LogP contribution in [0.4, 0.5) is 0 Å². The normalized spacial score (nSPS) is 15.0. The number of rotatable bonds is 6. The molecule has 1 aliphatic heterocycles. The predicted octanol–water partition coefficient (Wildman–Crippen LogP) is 4.37. The van der Waals surface area contributed by atoms with Gasteiger partial charge >= 0.3 is 0 Å². The number of hydrogen-bond donors (Lipinski definition) is 0. The molecule has 1 fully saturated rings. The zero-order valence-corrected chi connectivity index (χ0v) is 17.0. The smallest absolute Gasteiger partial charge is 0.207 e. The monoisotopic (exact) mass is 398 g/mol. The van der Waals surface area contributed by atoms with Crippen LogP contribution in [0, 0.1) is 0 Å². The molecule has 0 spiro atoms. The molecule has 0 saturated carbocycles. The fourth-order valence-electron chi connectivity index (χ4n) is 3.02. The Morgan fingerprint density at radius 1 is 0.893 bits per heavy atom. The molecular weight excluding hydrogens is 374 g/mol. The van der Waals surface area contributed by atoms with Gasteiger partial charge in [0.2, 0.25) is 5.71 Å². The summed E-state index contributed by atoms with van der Waals surface area (Å²) in [5.74, 6) is 1.66. The van der Waals surface area contributed by atoms with Gasteiger partial charge in [-0.1, -0.05) is 17.7 Å². The summed E-state index contributed by atoms with van der Waals surface area (Å²) in [4.78, 5) is 0. The van der Waals surface area contributed by atoms with E-state index >= 15 is 0 Å². The molecule has 146 valence electrons. The predicted molar refractivity (Wildman–Crippen MR) is 114 cm³/mol. The zero-order chi connectivity index (χ0) is 19.8. The van der Waals surface area contributed by atoms with E-state index in [4.69, 9.17) is 25.8 Å². The van der Waals surface area contributed by atoms with Crippen LogP contribution in [-0.2, 0) is 4.74 Å². The summed E-state index contributed by atoms with van der Waals surface area (Å²) in [6, 6.07) is 15.8. The molecule has 0 atom stereocenters. The van der Waals surface area contributed by atoms with E-state index < -0.39 is 0 Å². The first-order chi connectivity index (χ1) is 13.7. The van der Waals surface area contributed by atoms with Gasteiger partial charge in [-0.05, 0) is 60.2 Å². The molecule has 4 nitrogen and oxygen atoms in total. The molecule has 0 radical (unpaired) electrons. The van der Waals surface area contributed by atoms with Crippen molar-refractivity contribution in [3.63, 3.8) is 0 Å². The van der Waals surface area contributed by atoms with Crippen LogP contribution >= 0.6 is 11.6 Å². The summed E-state index contributed by atoms with van der Waals surface area (Å²) in [5, 5.41) is 0.676. The van der Waals surface area contributed by atoms with Gasteiger partial charge in [-0.25, -0.2) is 4.58 Å². The van der Waals surface area contributed by atoms with Crippen molar-refractivity contribution < 1.29 is 18.8 Å². The molecule has 1 saturated heterocycles. The molecule has 1 aliphatic rings. The van der Waals surface area contributed by atoms with Crippen molar-refractivity contribution >= 4 is 22.3 Å². The molecule has 0 aromatic heterocycles. The number of ether oxygens (including phenoxy) is 3. The second-order valence-electron chi connectivity index (χ2n) is 6.32. The van der Waals surface area contributed by atoms with Gasteiger partial charge in [-0.2, -0.15) is 0 Å². The van der Waals surface area contributed by atoms with Crippen LogP contribution in [0.1, 0.15) is 11.1 Å². The largest absolute Gasteiger partial charge is 0.497 e. The topological polar surface area (TPSA) is 30.7 Å². The minimum Gasteiger partial charge on any atom is -0.497 e. The van der Waals surface area contributed by atoms with E-state index in [2.05, 4.69) is 22.8 Å². The van der Waals surface area contributed by atoms with Gasteiger partial charge in [0, 0.05) is 16.7 Å². The first kappa shape index (κ1) is 20.2. The number of allylic oxidation sites excluding steroid dienone is 3. The third-order valence-electron chi connectivity index (χ3n) is 4.60. The van der Waals surface area contributed by atoms with Crippen LogP contribution in [0.5, 0.6) is 11.5 Å². The minimum absolute atomic E-state index is 0.676. The minimum atomic E-state index is 0.676. The Balaban J connectivity index is 1.85. The fraction of sp³-hybridized carbons (Fsp3) is 0.261. The van der Waals surface area contributed by atoms with Crippen molar-refractivity contribution in [1.29, 1.82) is 0 Å². The molecule has 0 unspecified atom stereocenters. The molecular formula is C23H25ClNO3+. The molecule has 28 heavy (non-hydrogen) atoms. The van der Waals surface area contributed by atoms with E-state index in [1.807, 2.05) is 48.6 Å². The van der Waals surface area contributed by atoms with Crippen LogP contribution in [0.3, 0.4) is 0 Å². The molecule has 0 amide bonds. The summed E-state index contributed by atoms with van der Waals surface area (Å²) in [6.07, 6.45) is 5.99. The number of morpholine rings is 1. The van der Waals surface area contributed by atoms with Crippen molar-refractivity contribution in [1.82, 2.24) is 0 Å². The quantitative estimate of drug-likeness (QED) is 0.534. The van der Waals surface area contributed by atoms with Gasteiger partial charge in [0.15, 0.2) is 13.1 Å². The van der Waals surface area contributed by atoms with Gasteiger partial charge in [-0.15, -0.1) is 0 Å². The SMILES string of the molecule is COc1ccc(C(/C=C/C=C(/Cl)c2ccc(OC)cc2)=[N+]2CCOCC2)cc1. The van der Waals surface area contributed by atoms with Gasteiger partial charge in [-0.3, -0.25) is 0 Å². The van der Waals surface area contributed by atoms with Gasteiger partial charge in [0.1, 0.15) is 24.7 Å². The third-order valence-corrected chi connectivity index (χ3v) is 4.94. The van der Waals surface area contributed by atoms with Gasteiger partial charge in [0.25, 0.3) is 0 Å². The molecule has 0 N–H and O–H groups in total. The summed E-state index contributed by atoms with van der Waals surface area (Å²) in [5.41, 5.74) is 3.22. The lowest BCUT2D eigenvalue weighted by Gasteiger charge is -2.14. The first-order valence-electron chi connectivity index (χ1n) is 9.23. The number of hydrogen-bond acceptors (Lipinski definition) is 3. The van der Waals surface area contributed by atoms with Crippen molar-refractivity contribution in [2.45, 2.75) is 0 Å². The fourth-order valence-corrected chi connectivity index (χ4v) is 3.22.